The van der Waals surface area contributed by atoms with Crippen LogP contribution in [0.2, 0.25) is 0 Å². The average Bonchev–Trinajstić information content (AvgIpc) is 2.30. The molecule has 1 heterocycles. The second kappa shape index (κ2) is 2.70. The van der Waals surface area contributed by atoms with Crippen LogP contribution in [-0.4, -0.2) is 25.4 Å². The van der Waals surface area contributed by atoms with Gasteiger partial charge in [0.15, 0.2) is 0 Å². The molecular formula is C8H5PSi2. The summed E-state index contributed by atoms with van der Waals surface area (Å²) in [6.45, 7) is 0. The van der Waals surface area contributed by atoms with Crippen molar-refractivity contribution in [2.45, 2.75) is 5.54 Å². The molecule has 3 heteroatoms. The first kappa shape index (κ1) is 7.47. The van der Waals surface area contributed by atoms with Crippen molar-refractivity contribution in [3.05, 3.63) is 29.8 Å². The third-order valence-electron chi connectivity index (χ3n) is 1.76. The minimum absolute atomic E-state index is 0.393. The molecule has 0 N–H and O–H groups in total. The fraction of sp³-hybridized carbons (Fsp3) is 0.125. The van der Waals surface area contributed by atoms with Crippen molar-refractivity contribution in [2.75, 3.05) is 0 Å². The molecule has 1 aromatic rings. The maximum absolute atomic E-state index is 3.66. The monoisotopic (exact) mass is 188 g/mol. The lowest BCUT2D eigenvalue weighted by molar-refractivity contribution is 1.35. The smallest absolute Gasteiger partial charge is 0.0724 e. The number of fused-ring (bicyclic) bond motifs is 1. The van der Waals surface area contributed by atoms with Gasteiger partial charge in [-0.15, -0.1) is 0 Å². The van der Waals surface area contributed by atoms with Crippen LogP contribution in [0, 0.1) is 0 Å². The SMILES string of the molecule is [Si]C1=Pc2ccccc2C1[Si]. The van der Waals surface area contributed by atoms with Gasteiger partial charge in [-0.3, -0.25) is 0 Å². The van der Waals surface area contributed by atoms with E-state index >= 15 is 0 Å². The van der Waals surface area contributed by atoms with Crippen LogP contribution in [0.4, 0.5) is 0 Å². The maximum Gasteiger partial charge on any atom is 0.0724 e. The normalized spacial score (nSPS) is 22.7. The predicted octanol–water partition coefficient (Wildman–Crippen LogP) is 0.780. The molecule has 2 rings (SSSR count). The van der Waals surface area contributed by atoms with Crippen molar-refractivity contribution in [1.82, 2.24) is 0 Å². The lowest BCUT2D eigenvalue weighted by Gasteiger charge is -2.04. The van der Waals surface area contributed by atoms with Gasteiger partial charge < -0.3 is 0 Å². The van der Waals surface area contributed by atoms with E-state index in [-0.39, 0.29) is 0 Å². The molecule has 0 saturated heterocycles. The molecule has 0 fully saturated rings. The van der Waals surface area contributed by atoms with Gasteiger partial charge in [0.05, 0.1) is 10.2 Å². The topological polar surface area (TPSA) is 0 Å². The van der Waals surface area contributed by atoms with Crippen molar-refractivity contribution >= 4 is 38.9 Å². The highest BCUT2D eigenvalue weighted by Crippen LogP contribution is 2.24. The molecular weight excluding hydrogens is 183 g/mol. The molecule has 1 atom stereocenters. The summed E-state index contributed by atoms with van der Waals surface area (Å²) >= 11 is 0. The summed E-state index contributed by atoms with van der Waals surface area (Å²) in [5.74, 6) is 0. The van der Waals surface area contributed by atoms with Crippen LogP contribution in [0.25, 0.3) is 0 Å². The minimum Gasteiger partial charge on any atom is -0.0740 e. The fourth-order valence-electron chi connectivity index (χ4n) is 1.18. The summed E-state index contributed by atoms with van der Waals surface area (Å²) in [6, 6.07) is 8.48. The van der Waals surface area contributed by atoms with Crippen molar-refractivity contribution in [3.63, 3.8) is 0 Å². The number of benzene rings is 1. The lowest BCUT2D eigenvalue weighted by Crippen LogP contribution is -2.08. The zero-order valence-corrected chi connectivity index (χ0v) is 8.73. The summed E-state index contributed by atoms with van der Waals surface area (Å²) in [5.41, 5.74) is 1.78. The summed E-state index contributed by atoms with van der Waals surface area (Å²) in [4.78, 5) is 1.29. The van der Waals surface area contributed by atoms with E-state index in [1.165, 1.54) is 24.0 Å². The molecule has 1 aliphatic rings. The fourth-order valence-corrected chi connectivity index (χ4v) is 3.28. The first-order valence-electron chi connectivity index (χ1n) is 3.39. The highest BCUT2D eigenvalue weighted by Gasteiger charge is 2.17. The summed E-state index contributed by atoms with van der Waals surface area (Å²) in [6.07, 6.45) is 0. The van der Waals surface area contributed by atoms with Crippen molar-refractivity contribution in [3.8, 4) is 0 Å². The molecule has 6 radical (unpaired) electrons. The van der Waals surface area contributed by atoms with E-state index in [0.29, 0.717) is 5.54 Å². The Morgan fingerprint density at radius 2 is 2.00 bits per heavy atom. The molecule has 0 bridgehead atoms. The molecule has 0 nitrogen and oxygen atoms in total. The molecule has 0 spiro atoms. The van der Waals surface area contributed by atoms with Crippen LogP contribution < -0.4 is 5.30 Å². The molecule has 50 valence electrons. The zero-order valence-electron chi connectivity index (χ0n) is 5.83. The number of hydrogen-bond donors (Lipinski definition) is 0. The largest absolute Gasteiger partial charge is 0.0740 e. The Labute approximate surface area is 74.7 Å². The number of rotatable bonds is 0. The number of hydrogen-bond acceptors (Lipinski definition) is 0. The van der Waals surface area contributed by atoms with Gasteiger partial charge in [-0.05, 0) is 11.1 Å². The van der Waals surface area contributed by atoms with E-state index in [1.54, 1.807) is 0 Å². The van der Waals surface area contributed by atoms with E-state index in [2.05, 4.69) is 44.8 Å². The standard InChI is InChI=1S/C8H5PSi2/c10-7-5-3-1-2-4-6(5)9-8(7)11/h1-4,7H. The molecule has 0 aliphatic carbocycles. The minimum atomic E-state index is 0.393. The Bertz CT molecular complexity index is 320. The van der Waals surface area contributed by atoms with Gasteiger partial charge in [-0.2, -0.15) is 0 Å². The maximum atomic E-state index is 3.66. The van der Waals surface area contributed by atoms with Crippen LogP contribution in [-0.2, 0) is 0 Å². The van der Waals surface area contributed by atoms with Gasteiger partial charge in [0.2, 0.25) is 0 Å². The lowest BCUT2D eigenvalue weighted by atomic mass is 10.2. The Morgan fingerprint density at radius 3 is 2.73 bits per heavy atom. The Hall–Kier alpha value is -0.176. The third-order valence-corrected chi connectivity index (χ3v) is 4.66. The van der Waals surface area contributed by atoms with Gasteiger partial charge in [0, 0.05) is 15.5 Å². The highest BCUT2D eigenvalue weighted by atomic mass is 31.1. The first-order valence-corrected chi connectivity index (χ1v) is 5.36. The van der Waals surface area contributed by atoms with E-state index in [1.807, 2.05) is 0 Å². The van der Waals surface area contributed by atoms with Gasteiger partial charge in [0.25, 0.3) is 0 Å². The van der Waals surface area contributed by atoms with Crippen molar-refractivity contribution in [1.29, 1.82) is 0 Å². The highest BCUT2D eigenvalue weighted by molar-refractivity contribution is 7.54. The van der Waals surface area contributed by atoms with Crippen LogP contribution in [0.3, 0.4) is 0 Å². The molecule has 0 amide bonds. The van der Waals surface area contributed by atoms with E-state index in [0.717, 1.165) is 0 Å². The average molecular weight is 188 g/mol. The third kappa shape index (κ3) is 1.15. The van der Waals surface area contributed by atoms with Gasteiger partial charge >= 0.3 is 0 Å². The molecule has 1 unspecified atom stereocenters. The molecule has 1 aromatic carbocycles. The van der Waals surface area contributed by atoms with Gasteiger partial charge in [-0.25, -0.2) is 0 Å². The van der Waals surface area contributed by atoms with Gasteiger partial charge in [-0.1, -0.05) is 37.4 Å². The van der Waals surface area contributed by atoms with Crippen LogP contribution in [0.15, 0.2) is 24.3 Å². The molecule has 0 aromatic heterocycles. The first-order chi connectivity index (χ1) is 5.29. The van der Waals surface area contributed by atoms with Crippen LogP contribution >= 0.6 is 8.20 Å². The second-order valence-electron chi connectivity index (χ2n) is 2.49. The summed E-state index contributed by atoms with van der Waals surface area (Å²) in [7, 11) is 8.55. The molecule has 11 heavy (non-hydrogen) atoms. The quantitative estimate of drug-likeness (QED) is 0.417. The Kier molecular flexibility index (Phi) is 1.84. The van der Waals surface area contributed by atoms with E-state index < -0.39 is 0 Å². The zero-order chi connectivity index (χ0) is 7.84. The molecule has 1 aliphatic heterocycles. The van der Waals surface area contributed by atoms with Crippen molar-refractivity contribution in [2.24, 2.45) is 0 Å². The van der Waals surface area contributed by atoms with Crippen LogP contribution in [0.1, 0.15) is 11.1 Å². The van der Waals surface area contributed by atoms with Crippen LogP contribution in [0.5, 0.6) is 0 Å². The predicted molar refractivity (Wildman–Crippen MR) is 52.3 cm³/mol. The second-order valence-corrected chi connectivity index (χ2v) is 5.21. The summed E-state index contributed by atoms with van der Waals surface area (Å²) in [5, 5.41) is 1.40. The summed E-state index contributed by atoms with van der Waals surface area (Å²) < 4.78 is 0. The Morgan fingerprint density at radius 1 is 1.27 bits per heavy atom. The van der Waals surface area contributed by atoms with E-state index in [9.17, 15) is 0 Å². The van der Waals surface area contributed by atoms with E-state index in [4.69, 9.17) is 0 Å². The Balaban J connectivity index is 2.58. The van der Waals surface area contributed by atoms with Gasteiger partial charge in [0.1, 0.15) is 0 Å². The van der Waals surface area contributed by atoms with Crippen molar-refractivity contribution < 1.29 is 0 Å². The molecule has 0 saturated carbocycles.